The van der Waals surface area contributed by atoms with E-state index in [1.807, 2.05) is 30.3 Å². The molecule has 5 atom stereocenters. The number of pyridine rings is 1. The molecule has 3 fully saturated rings. The lowest BCUT2D eigenvalue weighted by Gasteiger charge is -2.41. The van der Waals surface area contributed by atoms with Gasteiger partial charge in [0.15, 0.2) is 17.5 Å². The number of hydrogen-bond acceptors (Lipinski definition) is 9. The molecule has 54 heavy (non-hydrogen) atoms. The molecule has 0 amide bonds. The van der Waals surface area contributed by atoms with Crippen molar-refractivity contribution in [2.75, 3.05) is 31.6 Å². The van der Waals surface area contributed by atoms with Gasteiger partial charge in [0.2, 0.25) is 0 Å². The number of esters is 2. The quantitative estimate of drug-likeness (QED) is 0.119. The minimum Gasteiger partial charge on any atom is -0.489 e. The number of anilines is 1. The molecule has 1 saturated carbocycles. The molecule has 0 radical (unpaired) electrons. The first-order chi connectivity index (χ1) is 26.2. The molecule has 4 aromatic rings. The second-order valence-corrected chi connectivity index (χ2v) is 15.0. The van der Waals surface area contributed by atoms with E-state index in [1.54, 1.807) is 24.3 Å². The number of ether oxygens (including phenoxy) is 4. The summed E-state index contributed by atoms with van der Waals surface area (Å²) in [6.45, 7) is 0.0704. The number of nitrogens with zero attached hydrogens (tertiary/aromatic N) is 2. The summed E-state index contributed by atoms with van der Waals surface area (Å²) in [5.41, 5.74) is 2.35. The first-order valence-electron chi connectivity index (χ1n) is 18.2. The molecule has 3 aromatic carbocycles. The molecule has 0 spiro atoms. The summed E-state index contributed by atoms with van der Waals surface area (Å²) in [6, 6.07) is 19.6. The normalized spacial score (nSPS) is 20.4. The van der Waals surface area contributed by atoms with E-state index in [-0.39, 0.29) is 39.6 Å². The minimum atomic E-state index is -3.06. The maximum absolute atomic E-state index is 13.9. The Bertz CT molecular complexity index is 1900. The Morgan fingerprint density at radius 3 is 2.44 bits per heavy atom. The second kappa shape index (κ2) is 17.3. The topological polar surface area (TPSA) is 99.2 Å². The van der Waals surface area contributed by atoms with Gasteiger partial charge in [-0.25, -0.2) is 9.59 Å². The highest BCUT2D eigenvalue weighted by atomic mass is 35.5. The zero-order valence-electron chi connectivity index (χ0n) is 29.5. The zero-order chi connectivity index (χ0) is 37.6. The fraction of sp³-hybridized carbons (Fsp3) is 0.390. The van der Waals surface area contributed by atoms with Crippen LogP contribution < -0.4 is 14.8 Å². The molecule has 3 aliphatic rings. The first-order valence-corrected chi connectivity index (χ1v) is 19.0. The van der Waals surface area contributed by atoms with Gasteiger partial charge in [-0.1, -0.05) is 65.7 Å². The molecule has 1 N–H and O–H groups in total. The average molecular weight is 781 g/mol. The van der Waals surface area contributed by atoms with Crippen molar-refractivity contribution in [1.82, 2.24) is 9.88 Å². The van der Waals surface area contributed by atoms with Crippen molar-refractivity contribution < 1.29 is 37.3 Å². The number of hydrogen-bond donors (Lipinski definition) is 1. The molecule has 3 heterocycles. The summed E-state index contributed by atoms with van der Waals surface area (Å²) in [7, 11) is 0. The number of aromatic nitrogens is 1. The molecule has 9 nitrogen and oxygen atoms in total. The molecule has 13 heteroatoms. The van der Waals surface area contributed by atoms with Crippen LogP contribution in [-0.4, -0.2) is 60.8 Å². The van der Waals surface area contributed by atoms with E-state index in [4.69, 9.17) is 42.1 Å². The van der Waals surface area contributed by atoms with Crippen molar-refractivity contribution in [1.29, 1.82) is 0 Å². The SMILES string of the molecule is O=C(O[C@@H](Cc1c(Cl)cncc1Cl)c1ccc(OC(F)F)c(OCC2CC2)c1)c1cccc(NC(C(=O)O[C@@H]2CC3CCCN(C3)C2)c2ccccc2)c1. The summed E-state index contributed by atoms with van der Waals surface area (Å²) >= 11 is 13.0. The third-order valence-electron chi connectivity index (χ3n) is 10.0. The van der Waals surface area contributed by atoms with Gasteiger partial charge in [-0.05, 0) is 97.5 Å². The van der Waals surface area contributed by atoms with Crippen molar-refractivity contribution in [2.45, 2.75) is 63.4 Å². The second-order valence-electron chi connectivity index (χ2n) is 14.2. The Labute approximate surface area is 322 Å². The molecule has 3 unspecified atom stereocenters. The maximum atomic E-state index is 13.9. The number of carbonyl (C=O) groups excluding carboxylic acids is 2. The van der Waals surface area contributed by atoms with E-state index in [1.165, 1.54) is 37.0 Å². The highest BCUT2D eigenvalue weighted by Crippen LogP contribution is 2.38. The van der Waals surface area contributed by atoms with Gasteiger partial charge < -0.3 is 24.3 Å². The number of halogens is 4. The number of piperidine rings is 2. The molecule has 1 aliphatic carbocycles. The van der Waals surface area contributed by atoms with Gasteiger partial charge in [0.05, 0.1) is 22.2 Å². The lowest BCUT2D eigenvalue weighted by Crippen LogP contribution is -2.48. The van der Waals surface area contributed by atoms with Gasteiger partial charge in [0.25, 0.3) is 0 Å². The number of alkyl halides is 2. The Kier molecular flexibility index (Phi) is 12.2. The van der Waals surface area contributed by atoms with Crippen LogP contribution in [0.3, 0.4) is 0 Å². The monoisotopic (exact) mass is 779 g/mol. The van der Waals surface area contributed by atoms with Crippen LogP contribution in [0.15, 0.2) is 85.2 Å². The van der Waals surface area contributed by atoms with Crippen molar-refractivity contribution >= 4 is 40.8 Å². The largest absolute Gasteiger partial charge is 0.489 e. The van der Waals surface area contributed by atoms with Crippen LogP contribution in [0, 0.1) is 11.8 Å². The van der Waals surface area contributed by atoms with Crippen LogP contribution in [0.1, 0.15) is 71.3 Å². The maximum Gasteiger partial charge on any atom is 0.387 e. The van der Waals surface area contributed by atoms with Crippen molar-refractivity contribution in [3.8, 4) is 11.5 Å². The third-order valence-corrected chi connectivity index (χ3v) is 10.7. The van der Waals surface area contributed by atoms with Gasteiger partial charge in [0, 0.05) is 37.6 Å². The fourth-order valence-corrected chi connectivity index (χ4v) is 7.67. The number of benzene rings is 3. The molecular formula is C41H41Cl2F2N3O6. The molecule has 2 saturated heterocycles. The van der Waals surface area contributed by atoms with E-state index in [9.17, 15) is 18.4 Å². The van der Waals surface area contributed by atoms with E-state index in [0.717, 1.165) is 50.9 Å². The summed E-state index contributed by atoms with van der Waals surface area (Å²) in [6.07, 6.45) is 6.89. The van der Waals surface area contributed by atoms with Crippen LogP contribution in [0.4, 0.5) is 14.5 Å². The van der Waals surface area contributed by atoms with Gasteiger partial charge >= 0.3 is 18.6 Å². The Hall–Kier alpha value is -4.45. The molecule has 284 valence electrons. The summed E-state index contributed by atoms with van der Waals surface area (Å²) < 4.78 is 49.5. The minimum absolute atomic E-state index is 0.0440. The third kappa shape index (κ3) is 9.80. The molecule has 7 rings (SSSR count). The van der Waals surface area contributed by atoms with E-state index >= 15 is 0 Å². The van der Waals surface area contributed by atoms with Crippen molar-refractivity contribution in [2.24, 2.45) is 11.8 Å². The Morgan fingerprint density at radius 2 is 1.70 bits per heavy atom. The summed E-state index contributed by atoms with van der Waals surface area (Å²) in [5, 5.41) is 3.84. The van der Waals surface area contributed by atoms with Crippen molar-refractivity contribution in [3.05, 3.63) is 117 Å². The van der Waals surface area contributed by atoms with Crippen LogP contribution in [0.25, 0.3) is 0 Å². The smallest absolute Gasteiger partial charge is 0.387 e. The number of carbonyl (C=O) groups is 2. The van der Waals surface area contributed by atoms with E-state index < -0.39 is 30.7 Å². The van der Waals surface area contributed by atoms with Gasteiger partial charge in [-0.2, -0.15) is 8.78 Å². The number of fused-ring (bicyclic) bond motifs is 2. The predicted octanol–water partition coefficient (Wildman–Crippen LogP) is 9.10. The highest BCUT2D eigenvalue weighted by molar-refractivity contribution is 6.35. The molecule has 2 aliphatic heterocycles. The number of nitrogens with one attached hydrogen (secondary N) is 1. The summed E-state index contributed by atoms with van der Waals surface area (Å²) in [4.78, 5) is 34.1. The van der Waals surface area contributed by atoms with Crippen LogP contribution in [-0.2, 0) is 20.7 Å². The number of rotatable bonds is 15. The van der Waals surface area contributed by atoms with Gasteiger partial charge in [0.1, 0.15) is 12.2 Å². The summed E-state index contributed by atoms with van der Waals surface area (Å²) in [5.74, 6) is -0.244. The predicted molar refractivity (Wildman–Crippen MR) is 200 cm³/mol. The van der Waals surface area contributed by atoms with E-state index in [2.05, 4.69) is 15.2 Å². The van der Waals surface area contributed by atoms with Crippen LogP contribution >= 0.6 is 23.2 Å². The fourth-order valence-electron chi connectivity index (χ4n) is 7.15. The zero-order valence-corrected chi connectivity index (χ0v) is 31.0. The van der Waals surface area contributed by atoms with Crippen molar-refractivity contribution in [3.63, 3.8) is 0 Å². The first kappa shape index (κ1) is 37.8. The lowest BCUT2D eigenvalue weighted by atomic mass is 9.88. The van der Waals surface area contributed by atoms with Gasteiger partial charge in [-0.15, -0.1) is 0 Å². The lowest BCUT2D eigenvalue weighted by molar-refractivity contribution is -0.154. The van der Waals surface area contributed by atoms with Gasteiger partial charge in [-0.3, -0.25) is 9.88 Å². The van der Waals surface area contributed by atoms with Crippen LogP contribution in [0.2, 0.25) is 10.0 Å². The average Bonchev–Trinajstić information content (AvgIpc) is 3.99. The molecule has 1 aromatic heterocycles. The molecule has 2 bridgehead atoms. The highest BCUT2D eigenvalue weighted by Gasteiger charge is 2.34. The van der Waals surface area contributed by atoms with E-state index in [0.29, 0.717) is 35.3 Å². The Morgan fingerprint density at radius 1 is 0.907 bits per heavy atom. The standard InChI is InChI=1S/C41H41Cl2F2N3O6/c42-33-20-46-21-34(43)32(33)19-36(28-13-14-35(54-41(44)45)37(18-28)51-24-25-11-12-25)53-39(49)29-9-4-10-30(17-29)47-38(27-7-2-1-3-8-27)40(50)52-31-16-26-6-5-15-48(22-26)23-31/h1-4,7-10,13-14,17-18,20-21,25-26,31,36,38,41,47H,5-6,11-12,15-16,19,22-24H2/t26?,31-,36+,38?/m1/s1. The Balaban J connectivity index is 1.13. The molecular weight excluding hydrogens is 739 g/mol. The van der Waals surface area contributed by atoms with Crippen LogP contribution in [0.5, 0.6) is 11.5 Å².